The first kappa shape index (κ1) is 8.44. The summed E-state index contributed by atoms with van der Waals surface area (Å²) in [5.41, 5.74) is 0. The molecule has 0 bridgehead atoms. The summed E-state index contributed by atoms with van der Waals surface area (Å²) in [5, 5.41) is 13.8. The normalized spacial score (nSPS) is 9.92. The average molecular weight is 171 g/mol. The van der Waals surface area contributed by atoms with E-state index in [-0.39, 0.29) is 5.95 Å². The van der Waals surface area contributed by atoms with Gasteiger partial charge in [-0.3, -0.25) is 0 Å². The summed E-state index contributed by atoms with van der Waals surface area (Å²) in [5.74, 6) is 0.0860. The van der Waals surface area contributed by atoms with Gasteiger partial charge in [0.1, 0.15) is 0 Å². The molecule has 0 saturated heterocycles. The number of hydrogen-bond donors (Lipinski definition) is 0. The fourth-order valence-corrected chi connectivity index (χ4v) is 0.830. The summed E-state index contributed by atoms with van der Waals surface area (Å²) in [6, 6.07) is 0. The number of anilines is 1. The van der Waals surface area contributed by atoms with E-state index in [2.05, 4.69) is 10.1 Å². The molecule has 0 unspecified atom stereocenters. The van der Waals surface area contributed by atoms with E-state index >= 15 is 0 Å². The standard InChI is InChI=1S/C5H9N5O2/c1-8(2)5-6-4(10(11)12)7-9(5)3/h1-3H3. The van der Waals surface area contributed by atoms with Gasteiger partial charge in [-0.05, 0) is 9.91 Å². The van der Waals surface area contributed by atoms with Crippen LogP contribution in [0.2, 0.25) is 0 Å². The van der Waals surface area contributed by atoms with E-state index < -0.39 is 4.92 Å². The quantitative estimate of drug-likeness (QED) is 0.454. The van der Waals surface area contributed by atoms with Crippen molar-refractivity contribution in [1.29, 1.82) is 0 Å². The zero-order chi connectivity index (χ0) is 9.30. The first-order valence-corrected chi connectivity index (χ1v) is 3.25. The Morgan fingerprint density at radius 2 is 2.17 bits per heavy atom. The minimum atomic E-state index is -0.618. The van der Waals surface area contributed by atoms with Crippen LogP contribution in [0.15, 0.2) is 0 Å². The second kappa shape index (κ2) is 2.76. The maximum absolute atomic E-state index is 10.2. The van der Waals surface area contributed by atoms with E-state index in [0.29, 0.717) is 5.95 Å². The topological polar surface area (TPSA) is 77.1 Å². The van der Waals surface area contributed by atoms with Crippen LogP contribution < -0.4 is 4.90 Å². The van der Waals surface area contributed by atoms with E-state index in [4.69, 9.17) is 0 Å². The van der Waals surface area contributed by atoms with Crippen LogP contribution in [0.4, 0.5) is 11.9 Å². The van der Waals surface area contributed by atoms with Gasteiger partial charge in [-0.25, -0.2) is 0 Å². The number of hydrogen-bond acceptors (Lipinski definition) is 5. The molecular formula is C5H9N5O2. The Bertz CT molecular complexity index is 305. The molecule has 1 aromatic heterocycles. The monoisotopic (exact) mass is 171 g/mol. The van der Waals surface area contributed by atoms with Crippen molar-refractivity contribution in [1.82, 2.24) is 14.8 Å². The third-order valence-corrected chi connectivity index (χ3v) is 1.29. The predicted molar refractivity (Wildman–Crippen MR) is 42.0 cm³/mol. The lowest BCUT2D eigenvalue weighted by Crippen LogP contribution is -2.14. The SMILES string of the molecule is CN(C)c1nc([N+](=O)[O-])nn1C. The van der Waals surface area contributed by atoms with Gasteiger partial charge in [-0.1, -0.05) is 0 Å². The zero-order valence-corrected chi connectivity index (χ0v) is 7.05. The van der Waals surface area contributed by atoms with Crippen LogP contribution in [0.25, 0.3) is 0 Å². The molecule has 0 saturated carbocycles. The van der Waals surface area contributed by atoms with E-state index in [9.17, 15) is 10.1 Å². The third kappa shape index (κ3) is 1.34. The second-order valence-electron chi connectivity index (χ2n) is 2.49. The van der Waals surface area contributed by atoms with Crippen molar-refractivity contribution in [3.05, 3.63) is 10.1 Å². The molecular weight excluding hydrogens is 162 g/mol. The highest BCUT2D eigenvalue weighted by Gasteiger charge is 2.19. The highest BCUT2D eigenvalue weighted by molar-refractivity contribution is 5.30. The Kier molecular flexibility index (Phi) is 1.94. The number of nitro groups is 1. The van der Waals surface area contributed by atoms with Crippen molar-refractivity contribution in [3.63, 3.8) is 0 Å². The van der Waals surface area contributed by atoms with Gasteiger partial charge in [0.05, 0.1) is 0 Å². The maximum atomic E-state index is 10.2. The molecule has 0 spiro atoms. The smallest absolute Gasteiger partial charge is 0.390 e. The van der Waals surface area contributed by atoms with Gasteiger partial charge in [0.2, 0.25) is 0 Å². The van der Waals surface area contributed by atoms with E-state index in [0.717, 1.165) is 0 Å². The summed E-state index contributed by atoms with van der Waals surface area (Å²) in [4.78, 5) is 15.0. The number of aryl methyl sites for hydroxylation is 1. The average Bonchev–Trinajstić information content (AvgIpc) is 2.30. The lowest BCUT2D eigenvalue weighted by Gasteiger charge is -2.03. The lowest BCUT2D eigenvalue weighted by atomic mass is 10.8. The molecule has 7 heteroatoms. The van der Waals surface area contributed by atoms with Gasteiger partial charge < -0.3 is 15.0 Å². The van der Waals surface area contributed by atoms with Crippen molar-refractivity contribution in [3.8, 4) is 0 Å². The fourth-order valence-electron chi connectivity index (χ4n) is 0.830. The molecule has 0 aliphatic carbocycles. The molecule has 66 valence electrons. The molecule has 12 heavy (non-hydrogen) atoms. The molecule has 1 aromatic rings. The minimum absolute atomic E-state index is 0.374. The van der Waals surface area contributed by atoms with Gasteiger partial charge in [0.15, 0.2) is 0 Å². The minimum Gasteiger partial charge on any atom is -0.390 e. The fraction of sp³-hybridized carbons (Fsp3) is 0.600. The van der Waals surface area contributed by atoms with Crippen LogP contribution in [0.5, 0.6) is 0 Å². The van der Waals surface area contributed by atoms with Crippen LogP contribution in [-0.2, 0) is 7.05 Å². The van der Waals surface area contributed by atoms with Gasteiger partial charge in [-0.2, -0.15) is 4.68 Å². The van der Waals surface area contributed by atoms with E-state index in [1.54, 1.807) is 26.0 Å². The molecule has 7 nitrogen and oxygen atoms in total. The zero-order valence-electron chi connectivity index (χ0n) is 7.05. The van der Waals surface area contributed by atoms with Crippen LogP contribution in [0.3, 0.4) is 0 Å². The molecule has 0 radical (unpaired) electrons. The first-order chi connectivity index (χ1) is 5.52. The maximum Gasteiger partial charge on any atom is 0.493 e. The molecule has 0 aliphatic rings. The van der Waals surface area contributed by atoms with Crippen LogP contribution in [-0.4, -0.2) is 33.8 Å². The Morgan fingerprint density at radius 3 is 2.42 bits per heavy atom. The van der Waals surface area contributed by atoms with Crippen molar-refractivity contribution in [2.45, 2.75) is 0 Å². The Morgan fingerprint density at radius 1 is 1.58 bits per heavy atom. The molecule has 0 aliphatic heterocycles. The van der Waals surface area contributed by atoms with Gasteiger partial charge in [0, 0.05) is 26.2 Å². The summed E-state index contributed by atoms with van der Waals surface area (Å²) in [6.45, 7) is 0. The molecule has 0 N–H and O–H groups in total. The van der Waals surface area contributed by atoms with E-state index in [1.165, 1.54) is 4.68 Å². The van der Waals surface area contributed by atoms with Gasteiger partial charge in [0.25, 0.3) is 0 Å². The Hall–Kier alpha value is -1.66. The summed E-state index contributed by atoms with van der Waals surface area (Å²) in [6.07, 6.45) is 0. The summed E-state index contributed by atoms with van der Waals surface area (Å²) in [7, 11) is 5.09. The van der Waals surface area contributed by atoms with Crippen molar-refractivity contribution < 1.29 is 4.92 Å². The van der Waals surface area contributed by atoms with Crippen LogP contribution in [0.1, 0.15) is 0 Å². The Balaban J connectivity index is 3.09. The number of aromatic nitrogens is 3. The first-order valence-electron chi connectivity index (χ1n) is 3.25. The number of rotatable bonds is 2. The van der Waals surface area contributed by atoms with Crippen LogP contribution in [0, 0.1) is 10.1 Å². The second-order valence-corrected chi connectivity index (χ2v) is 2.49. The molecule has 1 rings (SSSR count). The van der Waals surface area contributed by atoms with Gasteiger partial charge >= 0.3 is 11.9 Å². The van der Waals surface area contributed by atoms with Crippen molar-refractivity contribution in [2.24, 2.45) is 7.05 Å². The highest BCUT2D eigenvalue weighted by Crippen LogP contribution is 2.10. The molecule has 1 heterocycles. The van der Waals surface area contributed by atoms with Gasteiger partial charge in [-0.15, -0.1) is 0 Å². The number of nitrogens with zero attached hydrogens (tertiary/aromatic N) is 5. The largest absolute Gasteiger partial charge is 0.493 e. The van der Waals surface area contributed by atoms with Crippen molar-refractivity contribution in [2.75, 3.05) is 19.0 Å². The van der Waals surface area contributed by atoms with Crippen LogP contribution >= 0.6 is 0 Å². The lowest BCUT2D eigenvalue weighted by molar-refractivity contribution is -0.394. The highest BCUT2D eigenvalue weighted by atomic mass is 16.6. The summed E-state index contributed by atoms with van der Waals surface area (Å²) < 4.78 is 1.36. The predicted octanol–water partition coefficient (Wildman–Crippen LogP) is -0.211. The third-order valence-electron chi connectivity index (χ3n) is 1.29. The summed E-state index contributed by atoms with van der Waals surface area (Å²) >= 11 is 0. The Labute approximate surface area is 68.8 Å². The van der Waals surface area contributed by atoms with E-state index in [1.807, 2.05) is 0 Å². The van der Waals surface area contributed by atoms with Crippen molar-refractivity contribution >= 4 is 11.9 Å². The molecule has 0 atom stereocenters. The molecule has 0 fully saturated rings. The molecule has 0 aromatic carbocycles. The molecule has 0 amide bonds.